The average Bonchev–Trinajstić information content (AvgIpc) is 3.49. The first-order valence-electron chi connectivity index (χ1n) is 13.4. The fraction of sp³-hybridized carbons (Fsp3) is 0.121. The van der Waals surface area contributed by atoms with Crippen LogP contribution in [0.5, 0.6) is 0 Å². The van der Waals surface area contributed by atoms with Crippen molar-refractivity contribution in [1.29, 1.82) is 0 Å². The number of hydrogen-bond donors (Lipinski definition) is 1. The molecule has 3 aliphatic heterocycles. The van der Waals surface area contributed by atoms with Crippen molar-refractivity contribution in [3.05, 3.63) is 140 Å². The molecule has 0 saturated carbocycles. The van der Waals surface area contributed by atoms with E-state index in [2.05, 4.69) is 21.2 Å². The lowest BCUT2D eigenvalue weighted by Gasteiger charge is -2.37. The molecule has 0 bridgehead atoms. The number of nitro groups is 1. The van der Waals surface area contributed by atoms with Gasteiger partial charge in [-0.2, -0.15) is 0 Å². The second-order valence-corrected chi connectivity index (χ2v) is 11.5. The molecular weight excluding hydrogens is 598 g/mol. The number of rotatable bonds is 5. The number of benzene rings is 4. The fourth-order valence-corrected chi connectivity index (χ4v) is 7.12. The highest BCUT2D eigenvalue weighted by atomic mass is 79.9. The van der Waals surface area contributed by atoms with E-state index < -0.39 is 34.1 Å². The predicted molar refractivity (Wildman–Crippen MR) is 162 cm³/mol. The Morgan fingerprint density at radius 1 is 0.881 bits per heavy atom. The average molecular weight is 620 g/mol. The molecule has 206 valence electrons. The number of carbonyl (C=O) groups is 3. The smallest absolute Gasteiger partial charge is 0.270 e. The summed E-state index contributed by atoms with van der Waals surface area (Å²) in [5, 5.41) is 14.6. The van der Waals surface area contributed by atoms with Gasteiger partial charge in [-0.1, -0.05) is 88.7 Å². The van der Waals surface area contributed by atoms with Gasteiger partial charge in [-0.15, -0.1) is 0 Å². The summed E-state index contributed by atoms with van der Waals surface area (Å²) in [5.41, 5.74) is 1.53. The van der Waals surface area contributed by atoms with Crippen LogP contribution in [0.1, 0.15) is 31.8 Å². The van der Waals surface area contributed by atoms with Crippen LogP contribution in [-0.2, 0) is 10.2 Å². The van der Waals surface area contributed by atoms with Crippen molar-refractivity contribution < 1.29 is 19.3 Å². The van der Waals surface area contributed by atoms with E-state index in [-0.39, 0.29) is 22.9 Å². The van der Waals surface area contributed by atoms with Crippen LogP contribution in [0.4, 0.5) is 17.1 Å². The Bertz CT molecular complexity index is 1850. The summed E-state index contributed by atoms with van der Waals surface area (Å²) in [6.07, 6.45) is 3.82. The summed E-state index contributed by atoms with van der Waals surface area (Å²) >= 11 is 3.42. The third-order valence-electron chi connectivity index (χ3n) is 8.56. The lowest BCUT2D eigenvalue weighted by atomic mass is 9.64. The minimum atomic E-state index is -1.45. The minimum Gasteiger partial charge on any atom is -0.352 e. The molecule has 0 unspecified atom stereocenters. The van der Waals surface area contributed by atoms with E-state index in [0.29, 0.717) is 22.5 Å². The van der Waals surface area contributed by atoms with Crippen LogP contribution in [0, 0.1) is 16.0 Å². The first-order chi connectivity index (χ1) is 20.3. The van der Waals surface area contributed by atoms with E-state index in [1.807, 2.05) is 59.5 Å². The number of amides is 1. The van der Waals surface area contributed by atoms with Crippen molar-refractivity contribution in [3.8, 4) is 0 Å². The number of ketones is 2. The van der Waals surface area contributed by atoms with Gasteiger partial charge in [-0.3, -0.25) is 24.5 Å². The van der Waals surface area contributed by atoms with Gasteiger partial charge in [0.25, 0.3) is 5.69 Å². The monoisotopic (exact) mass is 619 g/mol. The zero-order valence-corrected chi connectivity index (χ0v) is 23.5. The van der Waals surface area contributed by atoms with Gasteiger partial charge in [0.2, 0.25) is 5.91 Å². The normalized spacial score (nSPS) is 23.2. The highest BCUT2D eigenvalue weighted by molar-refractivity contribution is 9.10. The molecule has 7 rings (SSSR count). The van der Waals surface area contributed by atoms with Crippen LogP contribution in [0.25, 0.3) is 6.08 Å². The molecule has 0 aromatic heterocycles. The van der Waals surface area contributed by atoms with E-state index in [1.165, 1.54) is 24.3 Å². The van der Waals surface area contributed by atoms with Gasteiger partial charge in [-0.05, 0) is 35.4 Å². The van der Waals surface area contributed by atoms with Crippen LogP contribution >= 0.6 is 15.9 Å². The summed E-state index contributed by atoms with van der Waals surface area (Å²) < 4.78 is 0.780. The van der Waals surface area contributed by atoms with Crippen molar-refractivity contribution in [3.63, 3.8) is 0 Å². The largest absolute Gasteiger partial charge is 0.352 e. The Labute approximate surface area is 248 Å². The molecule has 1 amide bonds. The molecule has 1 N–H and O–H groups in total. The number of hydrogen-bond acceptors (Lipinski definition) is 6. The van der Waals surface area contributed by atoms with E-state index in [9.17, 15) is 24.5 Å². The topological polar surface area (TPSA) is 110 Å². The number of carbonyl (C=O) groups excluding carboxylic acids is 3. The number of Topliss-reactive ketones (excluding diaryl/α,β-unsaturated/α-hetero) is 2. The quantitative estimate of drug-likeness (QED) is 0.161. The van der Waals surface area contributed by atoms with Crippen LogP contribution in [-0.4, -0.2) is 34.5 Å². The molecule has 4 atom stereocenters. The number of para-hydroxylation sites is 2. The third kappa shape index (κ3) is 3.63. The second kappa shape index (κ2) is 9.60. The Morgan fingerprint density at radius 3 is 2.40 bits per heavy atom. The predicted octanol–water partition coefficient (Wildman–Crippen LogP) is 6.21. The number of nitrogens with one attached hydrogen (secondary N) is 1. The maximum absolute atomic E-state index is 14.7. The summed E-state index contributed by atoms with van der Waals surface area (Å²) in [5.74, 6) is -2.36. The number of nitrogens with zero attached hydrogens (tertiary/aromatic N) is 2. The molecule has 0 aliphatic carbocycles. The molecule has 3 aliphatic rings. The molecule has 1 fully saturated rings. The molecule has 0 radical (unpaired) electrons. The number of fused-ring (bicyclic) bond motifs is 6. The Hall–Kier alpha value is -4.89. The lowest BCUT2D eigenvalue weighted by molar-refractivity contribution is -0.384. The molecular formula is C33H22BrN3O5. The molecule has 42 heavy (non-hydrogen) atoms. The molecule has 8 nitrogen and oxygen atoms in total. The van der Waals surface area contributed by atoms with Gasteiger partial charge in [0.05, 0.1) is 16.9 Å². The maximum atomic E-state index is 14.7. The highest BCUT2D eigenvalue weighted by Gasteiger charge is 2.70. The summed E-state index contributed by atoms with van der Waals surface area (Å²) in [4.78, 5) is 56.7. The number of anilines is 2. The van der Waals surface area contributed by atoms with Crippen LogP contribution < -0.4 is 10.2 Å². The Kier molecular flexibility index (Phi) is 5.95. The highest BCUT2D eigenvalue weighted by Crippen LogP contribution is 2.58. The van der Waals surface area contributed by atoms with Crippen molar-refractivity contribution in [2.45, 2.75) is 17.5 Å². The first-order valence-corrected chi connectivity index (χ1v) is 14.2. The molecule has 4 aromatic carbocycles. The van der Waals surface area contributed by atoms with Crippen LogP contribution in [0.3, 0.4) is 0 Å². The van der Waals surface area contributed by atoms with Crippen molar-refractivity contribution in [2.24, 2.45) is 5.92 Å². The van der Waals surface area contributed by atoms with Crippen molar-refractivity contribution >= 4 is 56.5 Å². The Balaban J connectivity index is 1.53. The minimum absolute atomic E-state index is 0.0948. The SMILES string of the molecule is O=C(c1cccc([N+](=O)[O-])c1)[C@@H]1[C@H](C(=O)c2ccc(Br)cc2)[C@@]2(C(=O)Nc3ccccc32)[C@H]2C=Cc3ccccc3N12. The van der Waals surface area contributed by atoms with Gasteiger partial charge in [0.15, 0.2) is 11.6 Å². The van der Waals surface area contributed by atoms with Gasteiger partial charge in [0, 0.05) is 39.1 Å². The van der Waals surface area contributed by atoms with Gasteiger partial charge in [0.1, 0.15) is 11.5 Å². The molecule has 1 spiro atoms. The van der Waals surface area contributed by atoms with Crippen molar-refractivity contribution in [2.75, 3.05) is 10.2 Å². The second-order valence-electron chi connectivity index (χ2n) is 10.6. The maximum Gasteiger partial charge on any atom is 0.270 e. The third-order valence-corrected chi connectivity index (χ3v) is 9.09. The van der Waals surface area contributed by atoms with E-state index in [0.717, 1.165) is 10.0 Å². The van der Waals surface area contributed by atoms with Gasteiger partial charge in [-0.25, -0.2) is 0 Å². The molecule has 3 heterocycles. The first kappa shape index (κ1) is 26.0. The van der Waals surface area contributed by atoms with Gasteiger partial charge >= 0.3 is 0 Å². The number of nitro benzene ring substituents is 1. The van der Waals surface area contributed by atoms with E-state index >= 15 is 0 Å². The van der Waals surface area contributed by atoms with Crippen molar-refractivity contribution in [1.82, 2.24) is 0 Å². The summed E-state index contributed by atoms with van der Waals surface area (Å²) in [6, 6.07) is 25.3. The standard InChI is InChI=1S/C33H22BrN3O5/c34-22-15-12-20(13-16-22)30(38)28-29(31(39)21-7-5-8-23(18-21)37(41)42)36-26-11-4-1-6-19(26)14-17-27(36)33(28)24-9-2-3-10-25(24)35-32(33)40/h1-18,27-29H,(H,35,40)/t27-,28-,29+,33+/m1/s1. The molecule has 1 saturated heterocycles. The molecule has 9 heteroatoms. The lowest BCUT2D eigenvalue weighted by Crippen LogP contribution is -2.51. The van der Waals surface area contributed by atoms with E-state index in [4.69, 9.17) is 0 Å². The Morgan fingerprint density at radius 2 is 1.62 bits per heavy atom. The van der Waals surface area contributed by atoms with Crippen LogP contribution in [0.2, 0.25) is 0 Å². The number of non-ortho nitro benzene ring substituents is 1. The molecule has 4 aromatic rings. The van der Waals surface area contributed by atoms with Gasteiger partial charge < -0.3 is 10.2 Å². The zero-order valence-electron chi connectivity index (χ0n) is 21.9. The zero-order chi connectivity index (χ0) is 29.2. The van der Waals surface area contributed by atoms with E-state index in [1.54, 1.807) is 30.3 Å². The van der Waals surface area contributed by atoms with Crippen LogP contribution in [0.15, 0.2) is 108 Å². The fourth-order valence-electron chi connectivity index (χ4n) is 6.86. The number of halogens is 1. The summed E-state index contributed by atoms with van der Waals surface area (Å²) in [6.45, 7) is 0. The summed E-state index contributed by atoms with van der Waals surface area (Å²) in [7, 11) is 0.